The average molecular weight is 244 g/mol. The molecule has 0 saturated carbocycles. The van der Waals surface area contributed by atoms with E-state index in [-0.39, 0.29) is 0 Å². The summed E-state index contributed by atoms with van der Waals surface area (Å²) in [5.41, 5.74) is 0. The van der Waals surface area contributed by atoms with Crippen LogP contribution in [0.4, 0.5) is 13.2 Å². The maximum Gasteiger partial charge on any atom is 0.422 e. The minimum absolute atomic E-state index is 0.945. The molecule has 0 rings (SSSR count). The van der Waals surface area contributed by atoms with Crippen molar-refractivity contribution in [2.45, 2.75) is 38.8 Å². The lowest BCUT2D eigenvalue weighted by Gasteiger charge is -2.22. The number of carbonyl (C=O) groups excluding carboxylic acids is 1. The lowest BCUT2D eigenvalue weighted by Crippen LogP contribution is -2.36. The Balaban J connectivity index is 4.01. The van der Waals surface area contributed by atoms with Gasteiger partial charge in [0.05, 0.1) is 0 Å². The van der Waals surface area contributed by atoms with Gasteiger partial charge in [0.2, 0.25) is 0 Å². The Morgan fingerprint density at radius 3 is 2.13 bits per heavy atom. The molecule has 0 heterocycles. The van der Waals surface area contributed by atoms with Crippen LogP contribution in [0.15, 0.2) is 0 Å². The fourth-order valence-electron chi connectivity index (χ4n) is 0.849. The quantitative estimate of drug-likeness (QED) is 0.562. The van der Waals surface area contributed by atoms with E-state index < -0.39 is 33.2 Å². The molecule has 3 nitrogen and oxygen atoms in total. The van der Waals surface area contributed by atoms with Gasteiger partial charge in [-0.05, 0) is 26.6 Å². The fourth-order valence-corrected chi connectivity index (χ4v) is 2.01. The third-order valence-electron chi connectivity index (χ3n) is 1.24. The van der Waals surface area contributed by atoms with Gasteiger partial charge >= 0.3 is 12.1 Å². The summed E-state index contributed by atoms with van der Waals surface area (Å²) >= 11 is 0. The molecule has 0 aromatic heterocycles. The molecule has 0 N–H and O–H groups in total. The zero-order valence-corrected chi connectivity index (χ0v) is 10.1. The van der Waals surface area contributed by atoms with Crippen molar-refractivity contribution < 1.29 is 27.1 Å². The van der Waals surface area contributed by atoms with Crippen molar-refractivity contribution in [2.75, 3.05) is 6.61 Å². The summed E-state index contributed by atoms with van der Waals surface area (Å²) in [4.78, 5) is 11.0. The summed E-state index contributed by atoms with van der Waals surface area (Å²) in [6, 6.07) is 0. The number of hydrogen-bond acceptors (Lipinski definition) is 3. The van der Waals surface area contributed by atoms with E-state index in [1.54, 1.807) is 0 Å². The van der Waals surface area contributed by atoms with Gasteiger partial charge in [0.1, 0.15) is 6.10 Å². The van der Waals surface area contributed by atoms with E-state index in [1.165, 1.54) is 6.92 Å². The predicted octanol–water partition coefficient (Wildman–Crippen LogP) is 2.33. The normalized spacial score (nSPS) is 14.9. The Kier molecular flexibility index (Phi) is 4.79. The molecule has 0 bridgehead atoms. The molecule has 1 unspecified atom stereocenters. The van der Waals surface area contributed by atoms with Crippen molar-refractivity contribution in [3.05, 3.63) is 0 Å². The number of hydrogen-bond donors (Lipinski definition) is 0. The molecule has 0 aromatic carbocycles. The number of alkyl halides is 3. The lowest BCUT2D eigenvalue weighted by atomic mass is 10.4. The second-order valence-corrected chi connectivity index (χ2v) is 8.56. The molecular formula is C8H15F3O3Si. The van der Waals surface area contributed by atoms with E-state index in [1.807, 2.05) is 19.6 Å². The highest BCUT2D eigenvalue weighted by Gasteiger charge is 2.31. The van der Waals surface area contributed by atoms with Crippen LogP contribution in [-0.2, 0) is 14.0 Å². The first kappa shape index (κ1) is 14.4. The van der Waals surface area contributed by atoms with Crippen LogP contribution in [0, 0.1) is 0 Å². The van der Waals surface area contributed by atoms with Gasteiger partial charge in [0, 0.05) is 0 Å². The van der Waals surface area contributed by atoms with Gasteiger partial charge in [-0.25, -0.2) is 4.79 Å². The van der Waals surface area contributed by atoms with Gasteiger partial charge in [0.25, 0.3) is 0 Å². The smallest absolute Gasteiger partial charge is 0.422 e. The molecule has 1 atom stereocenters. The molecule has 0 aromatic rings. The number of carbonyl (C=O) groups is 1. The van der Waals surface area contributed by atoms with Crippen molar-refractivity contribution in [1.29, 1.82) is 0 Å². The van der Waals surface area contributed by atoms with Gasteiger partial charge in [-0.1, -0.05) is 0 Å². The SMILES string of the molecule is CC(O[Si](C)(C)C)C(=O)OCC(F)(F)F. The summed E-state index contributed by atoms with van der Waals surface area (Å²) in [6.45, 7) is 5.32. The minimum Gasteiger partial charge on any atom is -0.454 e. The summed E-state index contributed by atoms with van der Waals surface area (Å²) < 4.78 is 44.4. The summed E-state index contributed by atoms with van der Waals surface area (Å²) in [5, 5.41) is 0. The molecule has 0 spiro atoms. The minimum atomic E-state index is -4.49. The fraction of sp³-hybridized carbons (Fsp3) is 0.875. The molecule has 0 amide bonds. The first-order valence-electron chi connectivity index (χ1n) is 4.42. The zero-order chi connectivity index (χ0) is 12.3. The van der Waals surface area contributed by atoms with E-state index in [9.17, 15) is 18.0 Å². The topological polar surface area (TPSA) is 35.5 Å². The first-order valence-corrected chi connectivity index (χ1v) is 7.83. The first-order chi connectivity index (χ1) is 6.51. The Labute approximate surface area is 87.7 Å². The Morgan fingerprint density at radius 2 is 1.80 bits per heavy atom. The van der Waals surface area contributed by atoms with E-state index >= 15 is 0 Å². The van der Waals surface area contributed by atoms with Crippen molar-refractivity contribution >= 4 is 14.3 Å². The van der Waals surface area contributed by atoms with Crippen LogP contribution in [-0.4, -0.2) is 33.2 Å². The summed E-state index contributed by atoms with van der Waals surface area (Å²) in [5.74, 6) is -0.977. The zero-order valence-electron chi connectivity index (χ0n) is 9.14. The third-order valence-corrected chi connectivity index (χ3v) is 2.30. The van der Waals surface area contributed by atoms with Gasteiger partial charge < -0.3 is 9.16 Å². The largest absolute Gasteiger partial charge is 0.454 e. The Hall–Kier alpha value is -0.563. The molecule has 15 heavy (non-hydrogen) atoms. The molecule has 0 fully saturated rings. The molecule has 0 aliphatic heterocycles. The monoisotopic (exact) mass is 244 g/mol. The molecule has 0 aliphatic carbocycles. The van der Waals surface area contributed by atoms with E-state index in [2.05, 4.69) is 4.74 Å². The molecule has 90 valence electrons. The van der Waals surface area contributed by atoms with Crippen molar-refractivity contribution in [2.24, 2.45) is 0 Å². The van der Waals surface area contributed by atoms with E-state index in [0.29, 0.717) is 0 Å². The highest BCUT2D eigenvalue weighted by Crippen LogP contribution is 2.15. The van der Waals surface area contributed by atoms with Crippen LogP contribution < -0.4 is 0 Å². The van der Waals surface area contributed by atoms with Crippen LogP contribution in [0.5, 0.6) is 0 Å². The average Bonchev–Trinajstić information content (AvgIpc) is 1.95. The highest BCUT2D eigenvalue weighted by molar-refractivity contribution is 6.69. The summed E-state index contributed by atoms with van der Waals surface area (Å²) in [7, 11) is -1.94. The number of ether oxygens (including phenoxy) is 1. The predicted molar refractivity (Wildman–Crippen MR) is 50.9 cm³/mol. The maximum absolute atomic E-state index is 11.7. The Morgan fingerprint density at radius 1 is 1.33 bits per heavy atom. The second kappa shape index (κ2) is 4.98. The summed E-state index contributed by atoms with van der Waals surface area (Å²) in [6.07, 6.45) is -5.44. The van der Waals surface area contributed by atoms with Crippen LogP contribution >= 0.6 is 0 Å². The Bertz CT molecular complexity index is 222. The van der Waals surface area contributed by atoms with Crippen LogP contribution in [0.1, 0.15) is 6.92 Å². The highest BCUT2D eigenvalue weighted by atomic mass is 28.4. The van der Waals surface area contributed by atoms with Crippen molar-refractivity contribution in [1.82, 2.24) is 0 Å². The third kappa shape index (κ3) is 8.43. The molecule has 7 heteroatoms. The van der Waals surface area contributed by atoms with Crippen LogP contribution in [0.25, 0.3) is 0 Å². The number of esters is 1. The van der Waals surface area contributed by atoms with Gasteiger partial charge in [0.15, 0.2) is 14.9 Å². The number of rotatable bonds is 4. The van der Waals surface area contributed by atoms with Gasteiger partial charge in [-0.2, -0.15) is 13.2 Å². The molecule has 0 saturated heterocycles. The van der Waals surface area contributed by atoms with E-state index in [0.717, 1.165) is 0 Å². The van der Waals surface area contributed by atoms with Crippen LogP contribution in [0.2, 0.25) is 19.6 Å². The second-order valence-electron chi connectivity index (χ2n) is 4.10. The van der Waals surface area contributed by atoms with Crippen molar-refractivity contribution in [3.63, 3.8) is 0 Å². The van der Waals surface area contributed by atoms with Crippen molar-refractivity contribution in [3.8, 4) is 0 Å². The number of halogens is 3. The molecule has 0 aliphatic rings. The molecular weight excluding hydrogens is 229 g/mol. The maximum atomic E-state index is 11.7. The van der Waals surface area contributed by atoms with Crippen LogP contribution in [0.3, 0.4) is 0 Å². The lowest BCUT2D eigenvalue weighted by molar-refractivity contribution is -0.190. The molecule has 0 radical (unpaired) electrons. The van der Waals surface area contributed by atoms with Gasteiger partial charge in [-0.3, -0.25) is 0 Å². The van der Waals surface area contributed by atoms with E-state index in [4.69, 9.17) is 4.43 Å². The van der Waals surface area contributed by atoms with Gasteiger partial charge in [-0.15, -0.1) is 0 Å². The standard InChI is InChI=1S/C8H15F3O3Si/c1-6(14-15(2,3)4)7(12)13-5-8(9,10)11/h6H,5H2,1-4H3.